The first kappa shape index (κ1) is 22.3. The lowest BCUT2D eigenvalue weighted by molar-refractivity contribution is -0.185. The summed E-state index contributed by atoms with van der Waals surface area (Å²) in [5.74, 6) is -0.775. The maximum absolute atomic E-state index is 12.7. The summed E-state index contributed by atoms with van der Waals surface area (Å²) >= 11 is 0. The number of hydrogen-bond acceptors (Lipinski definition) is 7. The molecule has 1 aromatic heterocycles. The zero-order valence-electron chi connectivity index (χ0n) is 18.5. The second kappa shape index (κ2) is 8.41. The first-order valence-corrected chi connectivity index (χ1v) is 9.98. The monoisotopic (exact) mass is 426 g/mol. The molecule has 2 aromatic rings. The van der Waals surface area contributed by atoms with Crippen molar-refractivity contribution in [2.75, 3.05) is 0 Å². The maximum Gasteiger partial charge on any atom is 0.336 e. The Balaban J connectivity index is 2.22. The molecule has 0 saturated heterocycles. The van der Waals surface area contributed by atoms with E-state index in [1.807, 2.05) is 0 Å². The fourth-order valence-corrected chi connectivity index (χ4v) is 3.40. The van der Waals surface area contributed by atoms with E-state index >= 15 is 0 Å². The standard InChI is InChI=1S/C24H26O7/c1-7-14(4)23(27)30-21-19-16(10-8-15-9-11-17(25)28-20(15)19)31-24(5,6)22(21)29-18(26)12-13(2)3/h7-12,21-22H,1-6H3/b14-7-/t21-,22-/m0/s1. The predicted octanol–water partition coefficient (Wildman–Crippen LogP) is 4.39. The first-order chi connectivity index (χ1) is 14.5. The largest absolute Gasteiger partial charge is 0.483 e. The molecule has 0 radical (unpaired) electrons. The van der Waals surface area contributed by atoms with E-state index < -0.39 is 35.4 Å². The summed E-state index contributed by atoms with van der Waals surface area (Å²) < 4.78 is 23.1. The fourth-order valence-electron chi connectivity index (χ4n) is 3.40. The fraction of sp³-hybridized carbons (Fsp3) is 0.375. The van der Waals surface area contributed by atoms with Gasteiger partial charge in [0.2, 0.25) is 0 Å². The van der Waals surface area contributed by atoms with Crippen LogP contribution in [0.5, 0.6) is 5.75 Å². The molecule has 31 heavy (non-hydrogen) atoms. The van der Waals surface area contributed by atoms with Crippen LogP contribution in [0.1, 0.15) is 53.2 Å². The van der Waals surface area contributed by atoms with E-state index in [4.69, 9.17) is 18.6 Å². The van der Waals surface area contributed by atoms with Gasteiger partial charge in [-0.1, -0.05) is 11.6 Å². The Morgan fingerprint density at radius 3 is 2.39 bits per heavy atom. The van der Waals surface area contributed by atoms with Crippen LogP contribution >= 0.6 is 0 Å². The van der Waals surface area contributed by atoms with Crippen LogP contribution in [0.15, 0.2) is 56.8 Å². The van der Waals surface area contributed by atoms with Crippen LogP contribution < -0.4 is 10.4 Å². The molecule has 1 aliphatic rings. The van der Waals surface area contributed by atoms with E-state index in [1.54, 1.807) is 65.8 Å². The van der Waals surface area contributed by atoms with Crippen molar-refractivity contribution in [3.05, 3.63) is 63.5 Å². The molecule has 0 bridgehead atoms. The minimum absolute atomic E-state index is 0.222. The number of carbonyl (C=O) groups is 2. The average Bonchev–Trinajstić information content (AvgIpc) is 2.68. The van der Waals surface area contributed by atoms with Crippen LogP contribution in [0.2, 0.25) is 0 Å². The van der Waals surface area contributed by atoms with Crippen molar-refractivity contribution in [1.29, 1.82) is 0 Å². The molecular weight excluding hydrogens is 400 g/mol. The van der Waals surface area contributed by atoms with Gasteiger partial charge in [-0.25, -0.2) is 14.4 Å². The van der Waals surface area contributed by atoms with Gasteiger partial charge in [-0.05, 0) is 59.7 Å². The molecule has 2 heterocycles. The van der Waals surface area contributed by atoms with Crippen molar-refractivity contribution in [2.24, 2.45) is 0 Å². The highest BCUT2D eigenvalue weighted by Crippen LogP contribution is 2.46. The van der Waals surface area contributed by atoms with Gasteiger partial charge in [-0.15, -0.1) is 0 Å². The van der Waals surface area contributed by atoms with E-state index in [9.17, 15) is 14.4 Å². The number of hydrogen-bond donors (Lipinski definition) is 0. The van der Waals surface area contributed by atoms with Crippen molar-refractivity contribution in [3.8, 4) is 5.75 Å². The number of carbonyl (C=O) groups excluding carboxylic acids is 2. The highest BCUT2D eigenvalue weighted by molar-refractivity contribution is 5.89. The molecule has 164 valence electrons. The van der Waals surface area contributed by atoms with Crippen LogP contribution in [0.4, 0.5) is 0 Å². The van der Waals surface area contributed by atoms with Gasteiger partial charge in [0, 0.05) is 23.1 Å². The smallest absolute Gasteiger partial charge is 0.336 e. The lowest BCUT2D eigenvalue weighted by Crippen LogP contribution is -2.52. The summed E-state index contributed by atoms with van der Waals surface area (Å²) in [5.41, 5.74) is 0.131. The second-order valence-electron chi connectivity index (χ2n) is 8.23. The van der Waals surface area contributed by atoms with E-state index in [2.05, 4.69) is 0 Å². The minimum atomic E-state index is -1.05. The van der Waals surface area contributed by atoms with Crippen LogP contribution in [0.25, 0.3) is 11.0 Å². The SMILES string of the molecule is C/C=C(/C)C(=O)O[C@H]1c2c(ccc3ccc(=O)oc23)OC(C)(C)[C@H]1OC(=O)C=C(C)C. The lowest BCUT2D eigenvalue weighted by atomic mass is 9.87. The van der Waals surface area contributed by atoms with Crippen LogP contribution in [-0.2, 0) is 19.1 Å². The van der Waals surface area contributed by atoms with E-state index in [0.29, 0.717) is 22.3 Å². The van der Waals surface area contributed by atoms with Gasteiger partial charge >= 0.3 is 17.6 Å². The van der Waals surface area contributed by atoms with Gasteiger partial charge in [-0.3, -0.25) is 0 Å². The quantitative estimate of drug-likeness (QED) is 0.407. The molecule has 0 saturated carbocycles. The summed E-state index contributed by atoms with van der Waals surface area (Å²) in [6, 6.07) is 6.39. The van der Waals surface area contributed by atoms with Crippen molar-refractivity contribution >= 4 is 22.9 Å². The molecule has 3 rings (SSSR count). The Kier molecular flexibility index (Phi) is 6.06. The number of allylic oxidation sites excluding steroid dienone is 2. The van der Waals surface area contributed by atoms with Gasteiger partial charge in [0.15, 0.2) is 12.2 Å². The Labute approximate surface area is 180 Å². The van der Waals surface area contributed by atoms with Crippen molar-refractivity contribution in [2.45, 2.75) is 59.4 Å². The summed E-state index contributed by atoms with van der Waals surface area (Å²) in [5, 5.41) is 0.625. The number of benzene rings is 1. The second-order valence-corrected chi connectivity index (χ2v) is 8.23. The Bertz CT molecular complexity index is 1150. The number of ether oxygens (including phenoxy) is 3. The molecule has 0 aliphatic carbocycles. The summed E-state index contributed by atoms with van der Waals surface area (Å²) in [4.78, 5) is 37.1. The Morgan fingerprint density at radius 1 is 1.06 bits per heavy atom. The molecule has 0 N–H and O–H groups in total. The van der Waals surface area contributed by atoms with Gasteiger partial charge in [0.25, 0.3) is 0 Å². The molecule has 7 nitrogen and oxygen atoms in total. The molecule has 0 spiro atoms. The number of rotatable bonds is 4. The third kappa shape index (κ3) is 4.55. The van der Waals surface area contributed by atoms with E-state index in [1.165, 1.54) is 12.1 Å². The van der Waals surface area contributed by atoms with Crippen LogP contribution in [0.3, 0.4) is 0 Å². The average molecular weight is 426 g/mol. The maximum atomic E-state index is 12.7. The van der Waals surface area contributed by atoms with Crippen molar-refractivity contribution in [3.63, 3.8) is 0 Å². The Morgan fingerprint density at radius 2 is 1.74 bits per heavy atom. The normalized spacial score (nSPS) is 19.7. The van der Waals surface area contributed by atoms with Crippen molar-refractivity contribution in [1.82, 2.24) is 0 Å². The van der Waals surface area contributed by atoms with Gasteiger partial charge < -0.3 is 18.6 Å². The lowest BCUT2D eigenvalue weighted by Gasteiger charge is -2.43. The van der Waals surface area contributed by atoms with Crippen LogP contribution in [0, 0.1) is 0 Å². The molecule has 0 unspecified atom stereocenters. The zero-order valence-corrected chi connectivity index (χ0v) is 18.5. The molecule has 0 amide bonds. The Hall–Kier alpha value is -3.35. The molecule has 0 fully saturated rings. The zero-order chi connectivity index (χ0) is 22.9. The topological polar surface area (TPSA) is 92.0 Å². The van der Waals surface area contributed by atoms with E-state index in [0.717, 1.165) is 5.57 Å². The summed E-state index contributed by atoms with van der Waals surface area (Å²) in [7, 11) is 0. The molecule has 1 aliphatic heterocycles. The summed E-state index contributed by atoms with van der Waals surface area (Å²) in [6.07, 6.45) is 0.934. The third-order valence-corrected chi connectivity index (χ3v) is 5.04. The van der Waals surface area contributed by atoms with Gasteiger partial charge in [0.05, 0.1) is 5.56 Å². The molecule has 1 aromatic carbocycles. The molecule has 2 atom stereocenters. The van der Waals surface area contributed by atoms with E-state index in [-0.39, 0.29) is 5.58 Å². The number of esters is 2. The highest BCUT2D eigenvalue weighted by atomic mass is 16.6. The number of fused-ring (bicyclic) bond motifs is 3. The predicted molar refractivity (Wildman–Crippen MR) is 115 cm³/mol. The van der Waals surface area contributed by atoms with Gasteiger partial charge in [-0.2, -0.15) is 0 Å². The molecule has 7 heteroatoms. The first-order valence-electron chi connectivity index (χ1n) is 9.98. The highest BCUT2D eigenvalue weighted by Gasteiger charge is 2.50. The minimum Gasteiger partial charge on any atom is -0.483 e. The van der Waals surface area contributed by atoms with Crippen LogP contribution in [-0.4, -0.2) is 23.6 Å². The summed E-state index contributed by atoms with van der Waals surface area (Å²) in [6.45, 7) is 10.4. The van der Waals surface area contributed by atoms with Gasteiger partial charge in [0.1, 0.15) is 16.9 Å². The molecular formula is C24H26O7. The van der Waals surface area contributed by atoms with Crippen molar-refractivity contribution < 1.29 is 28.2 Å². The third-order valence-electron chi connectivity index (χ3n) is 5.04.